The largest absolute Gasteiger partial charge is 0.401 e. The topological polar surface area (TPSA) is 42.9 Å². The average molecular weight is 517 g/mol. The lowest BCUT2D eigenvalue weighted by Crippen LogP contribution is -2.52. The maximum Gasteiger partial charge on any atom is 0.401 e. The molecule has 0 aliphatic carbocycles. The van der Waals surface area contributed by atoms with Gasteiger partial charge in [0.2, 0.25) is 0 Å². The number of anilines is 1. The first-order valence-electron chi connectivity index (χ1n) is 9.00. The summed E-state index contributed by atoms with van der Waals surface area (Å²) in [6.07, 6.45) is -2.29. The highest BCUT2D eigenvalue weighted by Crippen LogP contribution is 2.20. The molecule has 0 amide bonds. The van der Waals surface area contributed by atoms with Crippen molar-refractivity contribution in [2.45, 2.75) is 25.1 Å². The first-order chi connectivity index (χ1) is 12.8. The van der Waals surface area contributed by atoms with Gasteiger partial charge >= 0.3 is 6.18 Å². The molecule has 0 bridgehead atoms. The smallest absolute Gasteiger partial charge is 0.369 e. The summed E-state index contributed by atoms with van der Waals surface area (Å²) in [6, 6.07) is 6.65. The zero-order chi connectivity index (χ0) is 19.9. The van der Waals surface area contributed by atoms with Crippen LogP contribution in [0.3, 0.4) is 0 Å². The van der Waals surface area contributed by atoms with E-state index in [1.165, 1.54) is 24.1 Å². The summed E-state index contributed by atoms with van der Waals surface area (Å²) in [5, 5.41) is 6.35. The highest BCUT2D eigenvalue weighted by Gasteiger charge is 2.29. The zero-order valence-corrected chi connectivity index (χ0v) is 18.4. The molecule has 2 rings (SSSR count). The second-order valence-electron chi connectivity index (χ2n) is 6.76. The maximum atomic E-state index is 13.4. The molecule has 160 valence electrons. The predicted molar refractivity (Wildman–Crippen MR) is 115 cm³/mol. The van der Waals surface area contributed by atoms with E-state index in [4.69, 9.17) is 0 Å². The molecular formula is C18H28F4IN5. The molecule has 1 aliphatic rings. The summed E-state index contributed by atoms with van der Waals surface area (Å²) < 4.78 is 50.5. The van der Waals surface area contributed by atoms with Crippen LogP contribution in [0.2, 0.25) is 0 Å². The molecule has 0 spiro atoms. The number of hydrogen-bond acceptors (Lipinski definition) is 3. The molecule has 0 radical (unpaired) electrons. The van der Waals surface area contributed by atoms with E-state index in [9.17, 15) is 17.6 Å². The van der Waals surface area contributed by atoms with Crippen molar-refractivity contribution in [2.24, 2.45) is 4.99 Å². The molecule has 1 atom stereocenters. The number of halogens is 5. The van der Waals surface area contributed by atoms with Crippen molar-refractivity contribution in [3.63, 3.8) is 0 Å². The quantitative estimate of drug-likeness (QED) is 0.264. The van der Waals surface area contributed by atoms with Crippen LogP contribution in [0.25, 0.3) is 0 Å². The van der Waals surface area contributed by atoms with Gasteiger partial charge in [0.1, 0.15) is 5.82 Å². The molecule has 1 aromatic carbocycles. The van der Waals surface area contributed by atoms with Gasteiger partial charge in [-0.3, -0.25) is 9.89 Å². The lowest BCUT2D eigenvalue weighted by atomic mass is 10.0. The third-order valence-electron chi connectivity index (χ3n) is 4.39. The Morgan fingerprint density at radius 1 is 1.36 bits per heavy atom. The van der Waals surface area contributed by atoms with Crippen LogP contribution in [0, 0.1) is 5.82 Å². The van der Waals surface area contributed by atoms with Crippen LogP contribution < -0.4 is 15.5 Å². The Hall–Kier alpha value is -1.30. The summed E-state index contributed by atoms with van der Waals surface area (Å²) in [4.78, 5) is 7.48. The van der Waals surface area contributed by atoms with Gasteiger partial charge in [0.05, 0.1) is 6.54 Å². The van der Waals surface area contributed by atoms with Gasteiger partial charge in [-0.25, -0.2) is 4.39 Å². The molecule has 5 nitrogen and oxygen atoms in total. The fraction of sp³-hybridized carbons (Fsp3) is 0.611. The molecule has 1 aromatic rings. The van der Waals surface area contributed by atoms with Crippen LogP contribution in [0.5, 0.6) is 0 Å². The molecule has 10 heteroatoms. The number of nitrogens with zero attached hydrogens (tertiary/aromatic N) is 3. The molecule has 1 saturated heterocycles. The number of likely N-dealkylation sites (N-methyl/N-ethyl adjacent to an activating group) is 1. The van der Waals surface area contributed by atoms with Gasteiger partial charge in [-0.15, -0.1) is 24.0 Å². The molecule has 2 N–H and O–H groups in total. The van der Waals surface area contributed by atoms with Gasteiger partial charge in [0.25, 0.3) is 0 Å². The number of hydrogen-bond donors (Lipinski definition) is 2. The van der Waals surface area contributed by atoms with Gasteiger partial charge in [0.15, 0.2) is 5.96 Å². The lowest BCUT2D eigenvalue weighted by molar-refractivity contribution is -0.142. The minimum atomic E-state index is -4.20. The molecule has 0 saturated carbocycles. The van der Waals surface area contributed by atoms with Crippen LogP contribution in [-0.4, -0.2) is 69.9 Å². The van der Waals surface area contributed by atoms with E-state index in [-0.39, 0.29) is 42.4 Å². The van der Waals surface area contributed by atoms with Crippen LogP contribution in [-0.2, 0) is 0 Å². The summed E-state index contributed by atoms with van der Waals surface area (Å²) in [6.45, 7) is 1.23. The Labute approximate surface area is 180 Å². The Balaban J connectivity index is 0.00000392. The molecular weight excluding hydrogens is 489 g/mol. The van der Waals surface area contributed by atoms with Crippen molar-refractivity contribution < 1.29 is 17.6 Å². The molecule has 1 aliphatic heterocycles. The third kappa shape index (κ3) is 8.80. The SMILES string of the molecule is CN=C(NCCN(C)CC(F)(F)F)NC1CCCN(c2cccc(F)c2)C1.I. The van der Waals surface area contributed by atoms with E-state index >= 15 is 0 Å². The monoisotopic (exact) mass is 517 g/mol. The van der Waals surface area contributed by atoms with Crippen LogP contribution in [0.4, 0.5) is 23.2 Å². The number of alkyl halides is 3. The molecule has 28 heavy (non-hydrogen) atoms. The summed E-state index contributed by atoms with van der Waals surface area (Å²) in [5.41, 5.74) is 0.846. The van der Waals surface area contributed by atoms with Crippen LogP contribution in [0.1, 0.15) is 12.8 Å². The van der Waals surface area contributed by atoms with E-state index in [0.717, 1.165) is 25.1 Å². The number of guanidine groups is 1. The molecule has 0 aromatic heterocycles. The first-order valence-corrected chi connectivity index (χ1v) is 9.00. The number of rotatable bonds is 6. The van der Waals surface area contributed by atoms with Crippen LogP contribution >= 0.6 is 24.0 Å². The van der Waals surface area contributed by atoms with Gasteiger partial charge in [0, 0.05) is 45.0 Å². The third-order valence-corrected chi connectivity index (χ3v) is 4.39. The Bertz CT molecular complexity index is 626. The van der Waals surface area contributed by atoms with E-state index in [1.54, 1.807) is 13.1 Å². The Kier molecular flexibility index (Phi) is 10.3. The fourth-order valence-corrected chi connectivity index (χ4v) is 3.14. The summed E-state index contributed by atoms with van der Waals surface area (Å²) >= 11 is 0. The van der Waals surface area contributed by atoms with E-state index < -0.39 is 12.7 Å². The normalized spacial score (nSPS) is 18.0. The minimum absolute atomic E-state index is 0. The lowest BCUT2D eigenvalue weighted by Gasteiger charge is -2.35. The van der Waals surface area contributed by atoms with Crippen molar-refractivity contribution in [3.05, 3.63) is 30.1 Å². The van der Waals surface area contributed by atoms with Crippen molar-refractivity contribution in [1.29, 1.82) is 0 Å². The van der Waals surface area contributed by atoms with E-state index in [0.29, 0.717) is 19.0 Å². The van der Waals surface area contributed by atoms with Gasteiger partial charge in [-0.05, 0) is 38.1 Å². The minimum Gasteiger partial charge on any atom is -0.369 e. The van der Waals surface area contributed by atoms with Crippen molar-refractivity contribution in [2.75, 3.05) is 51.7 Å². The molecule has 1 heterocycles. The molecule has 1 fully saturated rings. The second-order valence-corrected chi connectivity index (χ2v) is 6.76. The Morgan fingerprint density at radius 2 is 2.11 bits per heavy atom. The van der Waals surface area contributed by atoms with Crippen molar-refractivity contribution >= 4 is 35.6 Å². The Morgan fingerprint density at radius 3 is 2.75 bits per heavy atom. The summed E-state index contributed by atoms with van der Waals surface area (Å²) in [7, 11) is 3.06. The highest BCUT2D eigenvalue weighted by molar-refractivity contribution is 14.0. The number of aliphatic imine (C=N–C) groups is 1. The van der Waals surface area contributed by atoms with Gasteiger partial charge in [-0.2, -0.15) is 13.2 Å². The van der Waals surface area contributed by atoms with Crippen LogP contribution in [0.15, 0.2) is 29.3 Å². The first kappa shape index (κ1) is 24.7. The molecule has 1 unspecified atom stereocenters. The van der Waals surface area contributed by atoms with Crippen molar-refractivity contribution in [1.82, 2.24) is 15.5 Å². The number of benzene rings is 1. The van der Waals surface area contributed by atoms with Gasteiger partial charge < -0.3 is 15.5 Å². The van der Waals surface area contributed by atoms with E-state index in [2.05, 4.69) is 20.5 Å². The zero-order valence-electron chi connectivity index (χ0n) is 16.1. The second kappa shape index (κ2) is 11.6. The highest BCUT2D eigenvalue weighted by atomic mass is 127. The number of piperidine rings is 1. The standard InChI is InChI=1S/C18H27F4N5.HI/c1-23-17(24-8-10-26(2)13-18(20,21)22)25-15-6-4-9-27(12-15)16-7-3-5-14(19)11-16;/h3,5,7,11,15H,4,6,8-10,12-13H2,1-2H3,(H2,23,24,25);1H. The van der Waals surface area contributed by atoms with Gasteiger partial charge in [-0.1, -0.05) is 6.07 Å². The van der Waals surface area contributed by atoms with Crippen molar-refractivity contribution in [3.8, 4) is 0 Å². The summed E-state index contributed by atoms with van der Waals surface area (Å²) in [5.74, 6) is 0.296. The number of nitrogens with one attached hydrogen (secondary N) is 2. The predicted octanol–water partition coefficient (Wildman–Crippen LogP) is 3.07. The fourth-order valence-electron chi connectivity index (χ4n) is 3.14. The van der Waals surface area contributed by atoms with E-state index in [1.807, 2.05) is 6.07 Å². The average Bonchev–Trinajstić information content (AvgIpc) is 2.59. The maximum absolute atomic E-state index is 13.4.